The molecular formula is C11H16N2O2S. The van der Waals surface area contributed by atoms with Crippen LogP contribution in [-0.2, 0) is 4.79 Å². The maximum Gasteiger partial charge on any atom is 0.233 e. The number of rotatable bonds is 5. The quantitative estimate of drug-likeness (QED) is 0.316. The van der Waals surface area contributed by atoms with E-state index in [-0.39, 0.29) is 16.9 Å². The van der Waals surface area contributed by atoms with E-state index in [1.54, 1.807) is 23.9 Å². The van der Waals surface area contributed by atoms with Crippen molar-refractivity contribution in [1.82, 2.24) is 5.43 Å². The van der Waals surface area contributed by atoms with Gasteiger partial charge in [0.15, 0.2) is 0 Å². The summed E-state index contributed by atoms with van der Waals surface area (Å²) in [5.41, 5.74) is 2.10. The molecule has 0 aliphatic heterocycles. The molecule has 0 saturated carbocycles. The number of phenols is 1. The minimum absolute atomic E-state index is 0.162. The first-order chi connectivity index (χ1) is 7.63. The summed E-state index contributed by atoms with van der Waals surface area (Å²) in [6.07, 6.45) is 1.13. The van der Waals surface area contributed by atoms with Crippen LogP contribution < -0.4 is 11.3 Å². The highest BCUT2D eigenvalue weighted by atomic mass is 32.2. The number of nitrogens with one attached hydrogen (secondary N) is 1. The summed E-state index contributed by atoms with van der Waals surface area (Å²) in [6, 6.07) is 7.18. The van der Waals surface area contributed by atoms with Crippen LogP contribution in [0.25, 0.3) is 0 Å². The smallest absolute Gasteiger partial charge is 0.233 e. The first-order valence-electron chi connectivity index (χ1n) is 5.07. The number of thioether (sulfide) groups is 1. The van der Waals surface area contributed by atoms with Gasteiger partial charge in [-0.05, 0) is 18.6 Å². The summed E-state index contributed by atoms with van der Waals surface area (Å²) < 4.78 is 0. The van der Waals surface area contributed by atoms with Gasteiger partial charge in [0.2, 0.25) is 5.91 Å². The summed E-state index contributed by atoms with van der Waals surface area (Å²) in [6.45, 7) is 2.01. The van der Waals surface area contributed by atoms with E-state index in [1.165, 1.54) is 0 Å². The van der Waals surface area contributed by atoms with Gasteiger partial charge in [-0.1, -0.05) is 19.1 Å². The molecule has 1 unspecified atom stereocenters. The van der Waals surface area contributed by atoms with Crippen LogP contribution in [0.15, 0.2) is 29.2 Å². The van der Waals surface area contributed by atoms with Gasteiger partial charge >= 0.3 is 0 Å². The van der Waals surface area contributed by atoms with Crippen molar-refractivity contribution in [3.05, 3.63) is 24.3 Å². The van der Waals surface area contributed by atoms with Crippen LogP contribution >= 0.6 is 11.8 Å². The van der Waals surface area contributed by atoms with Gasteiger partial charge in [-0.25, -0.2) is 5.84 Å². The molecule has 4 nitrogen and oxygen atoms in total. The molecule has 5 heteroatoms. The Morgan fingerprint density at radius 2 is 2.25 bits per heavy atom. The van der Waals surface area contributed by atoms with Crippen molar-refractivity contribution >= 4 is 17.7 Å². The van der Waals surface area contributed by atoms with Crippen LogP contribution in [0, 0.1) is 0 Å². The van der Waals surface area contributed by atoms with Crippen LogP contribution in [0.4, 0.5) is 0 Å². The first-order valence-corrected chi connectivity index (χ1v) is 5.95. The van der Waals surface area contributed by atoms with Gasteiger partial charge in [0.1, 0.15) is 5.75 Å². The number of nitrogens with two attached hydrogens (primary N) is 1. The van der Waals surface area contributed by atoms with Gasteiger partial charge in [0.05, 0.1) is 0 Å². The number of carbonyl (C=O) groups is 1. The number of hydrogen-bond acceptors (Lipinski definition) is 4. The molecule has 0 heterocycles. The van der Waals surface area contributed by atoms with Gasteiger partial charge in [-0.3, -0.25) is 10.2 Å². The molecule has 0 fully saturated rings. The molecule has 4 N–H and O–H groups in total. The third-order valence-electron chi connectivity index (χ3n) is 2.13. The Morgan fingerprint density at radius 3 is 2.88 bits per heavy atom. The SMILES string of the molecule is CC(CCC(=O)NN)Sc1ccccc1O. The molecule has 0 aromatic heterocycles. The lowest BCUT2D eigenvalue weighted by atomic mass is 10.2. The Labute approximate surface area is 99.2 Å². The molecule has 88 valence electrons. The Hall–Kier alpha value is -1.20. The van der Waals surface area contributed by atoms with E-state index >= 15 is 0 Å². The number of hydrazine groups is 1. The number of phenolic OH excluding ortho intramolecular Hbond substituents is 1. The minimum Gasteiger partial charge on any atom is -0.507 e. The summed E-state index contributed by atoms with van der Waals surface area (Å²) >= 11 is 1.55. The topological polar surface area (TPSA) is 75.4 Å². The summed E-state index contributed by atoms with van der Waals surface area (Å²) in [5.74, 6) is 5.11. The largest absolute Gasteiger partial charge is 0.507 e. The zero-order valence-corrected chi connectivity index (χ0v) is 9.96. The number of para-hydroxylation sites is 1. The van der Waals surface area contributed by atoms with E-state index < -0.39 is 0 Å². The molecular weight excluding hydrogens is 224 g/mol. The van der Waals surface area contributed by atoms with Crippen molar-refractivity contribution < 1.29 is 9.90 Å². The van der Waals surface area contributed by atoms with Gasteiger partial charge in [0.25, 0.3) is 0 Å². The molecule has 0 spiro atoms. The van der Waals surface area contributed by atoms with E-state index in [0.29, 0.717) is 6.42 Å². The van der Waals surface area contributed by atoms with Crippen molar-refractivity contribution in [2.75, 3.05) is 0 Å². The van der Waals surface area contributed by atoms with Gasteiger partial charge in [-0.2, -0.15) is 0 Å². The number of hydrogen-bond donors (Lipinski definition) is 3. The molecule has 1 aromatic rings. The maximum atomic E-state index is 10.9. The maximum absolute atomic E-state index is 10.9. The van der Waals surface area contributed by atoms with Crippen LogP contribution in [0.3, 0.4) is 0 Å². The second-order valence-electron chi connectivity index (χ2n) is 3.50. The average Bonchev–Trinajstić information content (AvgIpc) is 2.29. The zero-order chi connectivity index (χ0) is 12.0. The van der Waals surface area contributed by atoms with Crippen LogP contribution in [-0.4, -0.2) is 16.3 Å². The Balaban J connectivity index is 2.43. The van der Waals surface area contributed by atoms with Crippen molar-refractivity contribution in [2.45, 2.75) is 29.9 Å². The molecule has 1 amide bonds. The van der Waals surface area contributed by atoms with Crippen molar-refractivity contribution in [3.63, 3.8) is 0 Å². The second kappa shape index (κ2) is 6.40. The van der Waals surface area contributed by atoms with E-state index in [2.05, 4.69) is 5.43 Å². The van der Waals surface area contributed by atoms with Gasteiger partial charge in [-0.15, -0.1) is 11.8 Å². The number of amides is 1. The molecule has 1 atom stereocenters. The number of aromatic hydroxyl groups is 1. The Kier molecular flexibility index (Phi) is 5.14. The van der Waals surface area contributed by atoms with Crippen LogP contribution in [0.1, 0.15) is 19.8 Å². The Morgan fingerprint density at radius 1 is 1.56 bits per heavy atom. The fraction of sp³-hybridized carbons (Fsp3) is 0.364. The molecule has 0 aliphatic carbocycles. The van der Waals surface area contributed by atoms with E-state index in [0.717, 1.165) is 11.3 Å². The normalized spacial score (nSPS) is 12.1. The molecule has 0 bridgehead atoms. The second-order valence-corrected chi connectivity index (χ2v) is 4.98. The third kappa shape index (κ3) is 4.12. The third-order valence-corrected chi connectivity index (χ3v) is 3.37. The predicted molar refractivity (Wildman–Crippen MR) is 65.0 cm³/mol. The number of carbonyl (C=O) groups excluding carboxylic acids is 1. The molecule has 1 aromatic carbocycles. The average molecular weight is 240 g/mol. The summed E-state index contributed by atoms with van der Waals surface area (Å²) in [4.78, 5) is 11.8. The molecule has 1 rings (SSSR count). The standard InChI is InChI=1S/C11H16N2O2S/c1-8(6-7-11(15)13-12)16-10-5-3-2-4-9(10)14/h2-5,8,14H,6-7,12H2,1H3,(H,13,15). The highest BCUT2D eigenvalue weighted by Crippen LogP contribution is 2.32. The zero-order valence-electron chi connectivity index (χ0n) is 9.14. The Bertz CT molecular complexity index is 358. The molecule has 16 heavy (non-hydrogen) atoms. The van der Waals surface area contributed by atoms with Gasteiger partial charge < -0.3 is 5.11 Å². The van der Waals surface area contributed by atoms with Gasteiger partial charge in [0, 0.05) is 16.6 Å². The summed E-state index contributed by atoms with van der Waals surface area (Å²) in [7, 11) is 0. The lowest BCUT2D eigenvalue weighted by molar-refractivity contribution is -0.121. The van der Waals surface area contributed by atoms with Crippen LogP contribution in [0.5, 0.6) is 5.75 Å². The minimum atomic E-state index is -0.162. The predicted octanol–water partition coefficient (Wildman–Crippen LogP) is 1.64. The highest BCUT2D eigenvalue weighted by Gasteiger charge is 2.09. The van der Waals surface area contributed by atoms with Crippen LogP contribution in [0.2, 0.25) is 0 Å². The van der Waals surface area contributed by atoms with Crippen molar-refractivity contribution in [3.8, 4) is 5.75 Å². The van der Waals surface area contributed by atoms with Crippen molar-refractivity contribution in [1.29, 1.82) is 0 Å². The highest BCUT2D eigenvalue weighted by molar-refractivity contribution is 8.00. The fourth-order valence-electron chi connectivity index (χ4n) is 1.24. The molecule has 0 radical (unpaired) electrons. The summed E-state index contributed by atoms with van der Waals surface area (Å²) in [5, 5.41) is 9.82. The molecule has 0 aliphatic rings. The lowest BCUT2D eigenvalue weighted by Crippen LogP contribution is -2.30. The fourth-order valence-corrected chi connectivity index (χ4v) is 2.25. The van der Waals surface area contributed by atoms with E-state index in [9.17, 15) is 9.90 Å². The number of benzene rings is 1. The first kappa shape index (κ1) is 12.9. The van der Waals surface area contributed by atoms with E-state index in [4.69, 9.17) is 5.84 Å². The van der Waals surface area contributed by atoms with E-state index in [1.807, 2.05) is 19.1 Å². The van der Waals surface area contributed by atoms with Crippen molar-refractivity contribution in [2.24, 2.45) is 5.84 Å². The lowest BCUT2D eigenvalue weighted by Gasteiger charge is -2.11. The monoisotopic (exact) mass is 240 g/mol. The molecule has 0 saturated heterocycles.